The zero-order valence-corrected chi connectivity index (χ0v) is 53.9. The van der Waals surface area contributed by atoms with E-state index in [1.165, 1.54) is 12.1 Å². The molecule has 1 aliphatic carbocycles. The van der Waals surface area contributed by atoms with Crippen LogP contribution >= 0.6 is 0 Å². The number of nitro groups is 1. The van der Waals surface area contributed by atoms with E-state index in [9.17, 15) is 48.5 Å². The van der Waals surface area contributed by atoms with E-state index in [0.717, 1.165) is 48.6 Å². The average Bonchev–Trinajstić information content (AvgIpc) is 1.62. The maximum Gasteiger partial charge on any atom is 0.514 e. The number of hydrogen-bond donors (Lipinski definition) is 2. The van der Waals surface area contributed by atoms with Crippen molar-refractivity contribution in [2.45, 2.75) is 104 Å². The molecule has 0 aromatic heterocycles. The summed E-state index contributed by atoms with van der Waals surface area (Å²) in [5.74, 6) is -5.38. The number of nitrogens with zero attached hydrogens (tertiary/aromatic N) is 1. The summed E-state index contributed by atoms with van der Waals surface area (Å²) in [4.78, 5) is 135. The van der Waals surface area contributed by atoms with E-state index in [2.05, 4.69) is 126 Å². The highest BCUT2D eigenvalue weighted by atomic mass is 18.0. The lowest BCUT2D eigenvalue weighted by molar-refractivity contribution is -0.870. The molecule has 2 unspecified atom stereocenters. The molecule has 4 aromatic carbocycles. The van der Waals surface area contributed by atoms with Crippen LogP contribution in [0.5, 0.6) is 5.75 Å². The number of carbonyl (C=O) groups excluding carboxylic acids is 8. The second-order valence-corrected chi connectivity index (χ2v) is 21.2. The fraction of sp³-hybridized carbons (Fsp3) is 0.448. The molecule has 3 N–H and O–H groups in total. The first-order chi connectivity index (χ1) is 48.9. The Morgan fingerprint density at radius 3 is 1.52 bits per heavy atom. The summed E-state index contributed by atoms with van der Waals surface area (Å²) in [6.45, 7) is 0.835. The van der Waals surface area contributed by atoms with Crippen LogP contribution in [0.25, 0.3) is 11.1 Å². The summed E-state index contributed by atoms with van der Waals surface area (Å²) in [6.07, 6.45) is -3.98. The van der Waals surface area contributed by atoms with Gasteiger partial charge in [-0.05, 0) is 177 Å². The van der Waals surface area contributed by atoms with E-state index in [4.69, 9.17) is 34.5 Å². The Kier molecular flexibility index (Phi) is 39.7. The minimum Gasteiger partial charge on any atom is -0.465 e. The quantitative estimate of drug-likeness (QED) is 0.00822. The van der Waals surface area contributed by atoms with E-state index in [1.807, 2.05) is 48.5 Å². The van der Waals surface area contributed by atoms with Crippen LogP contribution in [0.1, 0.15) is 113 Å². The highest BCUT2D eigenvalue weighted by Gasteiger charge is 2.38. The van der Waals surface area contributed by atoms with Crippen LogP contribution in [0.4, 0.5) is 15.3 Å². The van der Waals surface area contributed by atoms with Crippen LogP contribution < -0.4 is 15.8 Å². The highest BCUT2D eigenvalue weighted by molar-refractivity contribution is 5.93. The number of esters is 2. The number of benzene rings is 4. The lowest BCUT2D eigenvalue weighted by atomic mass is 9.80. The number of amides is 2. The van der Waals surface area contributed by atoms with Crippen molar-refractivity contribution >= 4 is 52.9 Å². The van der Waals surface area contributed by atoms with Crippen LogP contribution in [0.3, 0.4) is 0 Å². The second-order valence-electron chi connectivity index (χ2n) is 21.2. The van der Waals surface area contributed by atoms with Crippen LogP contribution in [-0.4, -0.2) is 92.8 Å². The Balaban J connectivity index is 1.19. The highest BCUT2D eigenvalue weighted by Crippen LogP contribution is 2.45. The van der Waals surface area contributed by atoms with E-state index >= 15 is 0 Å². The van der Waals surface area contributed by atoms with Crippen molar-refractivity contribution in [2.75, 3.05) is 40.6 Å². The van der Waals surface area contributed by atoms with E-state index in [0.29, 0.717) is 11.1 Å². The monoisotopic (exact) mass is 1450 g/mol. The van der Waals surface area contributed by atoms with Crippen LogP contribution in [0.2, 0.25) is 0 Å². The first-order valence-corrected chi connectivity index (χ1v) is 29.7. The largest absolute Gasteiger partial charge is 0.514 e. The number of urea groups is 1. The number of ketones is 4. The summed E-state index contributed by atoms with van der Waals surface area (Å²) < 4.78 is 21.7. The van der Waals surface area contributed by atoms with Crippen LogP contribution in [0, 0.1) is 33.3 Å². The fourth-order valence-corrected chi connectivity index (χ4v) is 9.38. The lowest BCUT2D eigenvalue weighted by Gasteiger charge is -2.30. The molecule has 556 valence electrons. The molecule has 2 amide bonds. The third-order valence-electron chi connectivity index (χ3n) is 13.9. The van der Waals surface area contributed by atoms with Crippen molar-refractivity contribution < 1.29 is 193 Å². The Morgan fingerprint density at radius 2 is 1.02 bits per heavy atom. The lowest BCUT2D eigenvalue weighted by Crippen LogP contribution is -2.40. The number of non-ortho nitro benzene ring substituents is 1. The SMILES string of the molecule is COOOOOOOOOOOOOCC(COOOOOOOOOOOOOC)(COC(=O)CCCC(=O)CC(C(=O)CC(CCCNC(N)=O)C(=O)Cc1ccc(COC(=O)Oc2ccc([N+](=O)[O-])cc2)cc1)C(C)C)CC(=O)CCCC(=O)OC1c2ccccc2-c2ccccc21. The zero-order chi connectivity index (χ0) is 72.9. The summed E-state index contributed by atoms with van der Waals surface area (Å²) in [6, 6.07) is 25.3. The second kappa shape index (κ2) is 48.3. The van der Waals surface area contributed by atoms with E-state index < -0.39 is 103 Å². The van der Waals surface area contributed by atoms with Crippen molar-refractivity contribution in [3.63, 3.8) is 0 Å². The van der Waals surface area contributed by atoms with E-state index in [-0.39, 0.29) is 100 Å². The van der Waals surface area contributed by atoms with Gasteiger partial charge >= 0.3 is 24.1 Å². The Bertz CT molecular complexity index is 3090. The van der Waals surface area contributed by atoms with Gasteiger partial charge in [0.1, 0.15) is 42.1 Å². The predicted molar refractivity (Wildman–Crippen MR) is 307 cm³/mol. The summed E-state index contributed by atoms with van der Waals surface area (Å²) >= 11 is 0. The third-order valence-corrected chi connectivity index (χ3v) is 13.9. The minimum absolute atomic E-state index is 0.0207. The molecule has 0 spiro atoms. The number of rotatable bonds is 58. The van der Waals surface area contributed by atoms with Gasteiger partial charge in [0.25, 0.3) is 5.69 Å². The Morgan fingerprint density at radius 1 is 0.535 bits per heavy atom. The van der Waals surface area contributed by atoms with Crippen molar-refractivity contribution in [2.24, 2.45) is 28.9 Å². The fourth-order valence-electron chi connectivity index (χ4n) is 9.38. The number of hydrogen-bond acceptors (Lipinski definition) is 40. The Labute approximate surface area is 569 Å². The number of ether oxygens (including phenoxy) is 4. The molecule has 5 rings (SSSR count). The molecule has 2 atom stereocenters. The average molecular weight is 1450 g/mol. The molecule has 1 aliphatic rings. The van der Waals surface area contributed by atoms with Crippen molar-refractivity contribution in [1.29, 1.82) is 0 Å². The first-order valence-electron chi connectivity index (χ1n) is 29.7. The van der Waals surface area contributed by atoms with Gasteiger partial charge in [0, 0.05) is 93.0 Å². The molecule has 0 bridgehead atoms. The molecule has 43 heteroatoms. The summed E-state index contributed by atoms with van der Waals surface area (Å²) in [5.41, 5.74) is 7.55. The van der Waals surface area contributed by atoms with Gasteiger partial charge in [0.15, 0.2) is 6.10 Å². The molecule has 0 saturated heterocycles. The number of Topliss-reactive ketones (excluding diaryl/α,β-unsaturated/α-hetero) is 4. The molecule has 0 radical (unpaired) electrons. The van der Waals surface area contributed by atoms with Gasteiger partial charge < -0.3 is 30.0 Å². The zero-order valence-electron chi connectivity index (χ0n) is 53.9. The number of carbonyl (C=O) groups is 8. The van der Waals surface area contributed by atoms with Gasteiger partial charge in [-0.15, -0.1) is 0 Å². The molecular formula is C58H69N3O40. The van der Waals surface area contributed by atoms with Crippen molar-refractivity contribution in [1.82, 2.24) is 5.32 Å². The topological polar surface area (TPSA) is 495 Å². The number of fused-ring (bicyclic) bond motifs is 3. The van der Waals surface area contributed by atoms with Gasteiger partial charge in [-0.1, -0.05) is 86.6 Å². The normalized spacial score (nSPS) is 12.5. The number of primary amides is 1. The molecular weight excluding hydrogens is 1380 g/mol. The van der Waals surface area contributed by atoms with Crippen LogP contribution in [-0.2, 0) is 186 Å². The maximum absolute atomic E-state index is 14.1. The van der Waals surface area contributed by atoms with Crippen LogP contribution in [0.15, 0.2) is 97.1 Å². The minimum atomic E-state index is -1.91. The van der Waals surface area contributed by atoms with Gasteiger partial charge in [-0.25, -0.2) is 29.1 Å². The molecule has 4 aromatic rings. The maximum atomic E-state index is 14.1. The van der Waals surface area contributed by atoms with Crippen molar-refractivity contribution in [3.05, 3.63) is 129 Å². The van der Waals surface area contributed by atoms with Gasteiger partial charge in [0.2, 0.25) is 0 Å². The standard InChI is InChI=1S/C58H69N3O40/c1-38(2)50(52(65)31-41(12-11-29-60-56(59)68)51(64)30-39-21-23-40(24-22-39)34-74-57(69)78-45-27-25-42(26-28-45)61(70)71)32-43(62)13-9-19-53(66)75-35-58(36-76-82-86-90-94-98-100-96-92-88-84-80-72-3,37-77-83-87-91-95-99-101-97-93-89-85-81-73-4)33-44(63)14-10-20-54(67)79-55-48-17-7-5-15-46(48)47-16-6-8-18-49(47)55/h5-8,15-18,21-28,38,41,50,55H,9-14,19-20,29-37H2,1-4H3,(H3,59,60,68). The third kappa shape index (κ3) is 33.2. The predicted octanol–water partition coefficient (Wildman–Crippen LogP) is 7.47. The molecule has 0 heterocycles. The first kappa shape index (κ1) is 83.1. The summed E-state index contributed by atoms with van der Waals surface area (Å²) in [7, 11) is 2.10. The molecule has 0 saturated carbocycles. The smallest absolute Gasteiger partial charge is 0.465 e. The van der Waals surface area contributed by atoms with Gasteiger partial charge in [-0.2, -0.15) is 0 Å². The van der Waals surface area contributed by atoms with Gasteiger partial charge in [0.05, 0.1) is 37.8 Å². The van der Waals surface area contributed by atoms with E-state index in [1.54, 1.807) is 38.1 Å². The molecule has 101 heavy (non-hydrogen) atoms. The number of nitrogens with two attached hydrogens (primary N) is 1. The molecule has 43 nitrogen and oxygen atoms in total. The summed E-state index contributed by atoms with van der Waals surface area (Å²) in [5, 5.41) is 99.6. The molecule has 0 fully saturated rings. The Hall–Kier alpha value is -8.60. The number of nitro benzene ring substituents is 1. The van der Waals surface area contributed by atoms with Gasteiger partial charge in [-0.3, -0.25) is 38.9 Å². The number of nitrogens with one attached hydrogen (secondary N) is 1. The van der Waals surface area contributed by atoms with Crippen molar-refractivity contribution in [3.8, 4) is 16.9 Å². The molecule has 0 aliphatic heterocycles.